The highest BCUT2D eigenvalue weighted by atomic mass is 19.1. The van der Waals surface area contributed by atoms with Crippen LogP contribution in [-0.4, -0.2) is 34.5 Å². The standard InChI is InChI=1S/C28H28FN3O4/c29-21-12-10-20(11-13-21)26(27(33)31-22-6-2-1-3-7-22)32(28(34)23-8-4-5-15-30-23)17-19-9-14-24-25(16-19)36-18-35-24/h4-5,8-16,22,26H,1-3,6-7,17-18H2,(H,31,33)/t26-/m0/s1. The largest absolute Gasteiger partial charge is 0.454 e. The van der Waals surface area contributed by atoms with E-state index in [2.05, 4.69) is 10.3 Å². The molecule has 1 aromatic heterocycles. The lowest BCUT2D eigenvalue weighted by molar-refractivity contribution is -0.127. The lowest BCUT2D eigenvalue weighted by Crippen LogP contribution is -2.47. The first kappa shape index (κ1) is 23.8. The molecule has 3 aromatic rings. The predicted molar refractivity (Wildman–Crippen MR) is 131 cm³/mol. The molecule has 0 saturated heterocycles. The molecule has 36 heavy (non-hydrogen) atoms. The summed E-state index contributed by atoms with van der Waals surface area (Å²) in [6.45, 7) is 0.254. The third kappa shape index (κ3) is 5.32. The molecule has 1 aliphatic carbocycles. The van der Waals surface area contributed by atoms with Gasteiger partial charge in [-0.25, -0.2) is 4.39 Å². The summed E-state index contributed by atoms with van der Waals surface area (Å²) in [5.74, 6) is 0.109. The van der Waals surface area contributed by atoms with Gasteiger partial charge in [0.25, 0.3) is 5.91 Å². The van der Waals surface area contributed by atoms with Crippen LogP contribution in [0.15, 0.2) is 66.9 Å². The van der Waals surface area contributed by atoms with E-state index in [4.69, 9.17) is 9.47 Å². The van der Waals surface area contributed by atoms with E-state index in [0.717, 1.165) is 37.7 Å². The predicted octanol–water partition coefficient (Wildman–Crippen LogP) is 4.78. The lowest BCUT2D eigenvalue weighted by atomic mass is 9.94. The minimum atomic E-state index is -0.979. The molecule has 2 heterocycles. The minimum absolute atomic E-state index is 0.0477. The van der Waals surface area contributed by atoms with Gasteiger partial charge in [-0.05, 0) is 60.4 Å². The van der Waals surface area contributed by atoms with Crippen molar-refractivity contribution in [1.82, 2.24) is 15.2 Å². The van der Waals surface area contributed by atoms with Gasteiger partial charge in [0.1, 0.15) is 17.6 Å². The molecule has 0 unspecified atom stereocenters. The van der Waals surface area contributed by atoms with Crippen LogP contribution in [0.1, 0.15) is 59.8 Å². The van der Waals surface area contributed by atoms with E-state index in [1.165, 1.54) is 17.0 Å². The second-order valence-corrected chi connectivity index (χ2v) is 9.13. The van der Waals surface area contributed by atoms with E-state index in [1.807, 2.05) is 12.1 Å². The van der Waals surface area contributed by atoms with E-state index in [1.54, 1.807) is 42.6 Å². The van der Waals surface area contributed by atoms with E-state index < -0.39 is 17.8 Å². The molecule has 0 radical (unpaired) electrons. The van der Waals surface area contributed by atoms with Gasteiger partial charge in [-0.2, -0.15) is 0 Å². The van der Waals surface area contributed by atoms with Crippen molar-refractivity contribution < 1.29 is 23.5 Å². The van der Waals surface area contributed by atoms with Crippen LogP contribution in [-0.2, 0) is 11.3 Å². The Kier molecular flexibility index (Phi) is 7.11. The number of halogens is 1. The number of hydrogen-bond donors (Lipinski definition) is 1. The van der Waals surface area contributed by atoms with Gasteiger partial charge in [0, 0.05) is 18.8 Å². The van der Waals surface area contributed by atoms with Crippen LogP contribution in [0.5, 0.6) is 11.5 Å². The second kappa shape index (κ2) is 10.8. The Bertz CT molecular complexity index is 1210. The molecule has 2 aromatic carbocycles. The molecule has 8 heteroatoms. The second-order valence-electron chi connectivity index (χ2n) is 9.13. The molecule has 7 nitrogen and oxygen atoms in total. The Morgan fingerprint density at radius 2 is 1.78 bits per heavy atom. The highest BCUT2D eigenvalue weighted by molar-refractivity contribution is 5.96. The first-order chi connectivity index (χ1) is 17.6. The highest BCUT2D eigenvalue weighted by Gasteiger charge is 2.34. The number of rotatable bonds is 7. The summed E-state index contributed by atoms with van der Waals surface area (Å²) in [6, 6.07) is 15.3. The highest BCUT2D eigenvalue weighted by Crippen LogP contribution is 2.34. The van der Waals surface area contributed by atoms with Crippen LogP contribution < -0.4 is 14.8 Å². The molecule has 1 N–H and O–H groups in total. The summed E-state index contributed by atoms with van der Waals surface area (Å²) in [5.41, 5.74) is 1.51. The molecule has 1 fully saturated rings. The van der Waals surface area contributed by atoms with Crippen LogP contribution in [0.4, 0.5) is 4.39 Å². The average Bonchev–Trinajstić information content (AvgIpc) is 3.38. The van der Waals surface area contributed by atoms with Crippen molar-refractivity contribution in [2.75, 3.05) is 6.79 Å². The van der Waals surface area contributed by atoms with Gasteiger partial charge < -0.3 is 19.7 Å². The molecule has 1 atom stereocenters. The Morgan fingerprint density at radius 1 is 1.00 bits per heavy atom. The lowest BCUT2D eigenvalue weighted by Gasteiger charge is -2.33. The fraction of sp³-hybridized carbons (Fsp3) is 0.321. The third-order valence-electron chi connectivity index (χ3n) is 6.63. The SMILES string of the molecule is O=C(NC1CCCCC1)[C@H](c1ccc(F)cc1)N(Cc1ccc2c(c1)OCO2)C(=O)c1ccccn1. The number of fused-ring (bicyclic) bond motifs is 1. The zero-order valence-electron chi connectivity index (χ0n) is 19.9. The minimum Gasteiger partial charge on any atom is -0.454 e. The molecule has 5 rings (SSSR count). The first-order valence-electron chi connectivity index (χ1n) is 12.2. The Morgan fingerprint density at radius 3 is 2.53 bits per heavy atom. The molecular formula is C28H28FN3O4. The quantitative estimate of drug-likeness (QED) is 0.517. The molecule has 0 bridgehead atoms. The summed E-state index contributed by atoms with van der Waals surface area (Å²) in [7, 11) is 0. The van der Waals surface area contributed by atoms with Gasteiger partial charge in [-0.15, -0.1) is 0 Å². The summed E-state index contributed by atoms with van der Waals surface area (Å²) >= 11 is 0. The number of aromatic nitrogens is 1. The van der Waals surface area contributed by atoms with Crippen molar-refractivity contribution in [3.8, 4) is 11.5 Å². The van der Waals surface area contributed by atoms with Crippen LogP contribution in [0.2, 0.25) is 0 Å². The number of benzene rings is 2. The van der Waals surface area contributed by atoms with E-state index >= 15 is 0 Å². The van der Waals surface area contributed by atoms with Crippen LogP contribution in [0.3, 0.4) is 0 Å². The first-order valence-corrected chi connectivity index (χ1v) is 12.2. The van der Waals surface area contributed by atoms with Gasteiger partial charge in [-0.1, -0.05) is 43.5 Å². The van der Waals surface area contributed by atoms with Gasteiger partial charge in [-0.3, -0.25) is 14.6 Å². The van der Waals surface area contributed by atoms with Crippen molar-refractivity contribution >= 4 is 11.8 Å². The van der Waals surface area contributed by atoms with Crippen LogP contribution in [0.25, 0.3) is 0 Å². The molecule has 2 aliphatic rings. The van der Waals surface area contributed by atoms with Crippen LogP contribution in [0, 0.1) is 5.82 Å². The smallest absolute Gasteiger partial charge is 0.273 e. The number of hydrogen-bond acceptors (Lipinski definition) is 5. The van der Waals surface area contributed by atoms with Crippen LogP contribution >= 0.6 is 0 Å². The third-order valence-corrected chi connectivity index (χ3v) is 6.63. The summed E-state index contributed by atoms with van der Waals surface area (Å²) in [6.07, 6.45) is 6.61. The van der Waals surface area contributed by atoms with E-state index in [9.17, 15) is 14.0 Å². The topological polar surface area (TPSA) is 80.8 Å². The van der Waals surface area contributed by atoms with Crippen molar-refractivity contribution in [2.24, 2.45) is 0 Å². The number of pyridine rings is 1. The monoisotopic (exact) mass is 489 g/mol. The number of carbonyl (C=O) groups is 2. The maximum atomic E-state index is 13.8. The number of carbonyl (C=O) groups excluding carboxylic acids is 2. The Labute approximate surface area is 209 Å². The summed E-state index contributed by atoms with van der Waals surface area (Å²) in [5, 5.41) is 3.15. The zero-order valence-corrected chi connectivity index (χ0v) is 19.9. The average molecular weight is 490 g/mol. The van der Waals surface area contributed by atoms with Gasteiger partial charge >= 0.3 is 0 Å². The molecule has 0 spiro atoms. The van der Waals surface area contributed by atoms with E-state index in [-0.39, 0.29) is 31.0 Å². The fourth-order valence-corrected chi connectivity index (χ4v) is 4.80. The van der Waals surface area contributed by atoms with Gasteiger partial charge in [0.05, 0.1) is 0 Å². The fourth-order valence-electron chi connectivity index (χ4n) is 4.80. The van der Waals surface area contributed by atoms with Gasteiger partial charge in [0.2, 0.25) is 12.7 Å². The molecule has 2 amide bonds. The number of amides is 2. The van der Waals surface area contributed by atoms with Crippen molar-refractivity contribution in [2.45, 2.75) is 50.7 Å². The van der Waals surface area contributed by atoms with Crippen molar-refractivity contribution in [3.05, 3.63) is 89.5 Å². The zero-order chi connectivity index (χ0) is 24.9. The maximum Gasteiger partial charge on any atom is 0.273 e. The molecule has 1 saturated carbocycles. The van der Waals surface area contributed by atoms with Crippen molar-refractivity contribution in [3.63, 3.8) is 0 Å². The molecule has 186 valence electrons. The Balaban J connectivity index is 1.53. The van der Waals surface area contributed by atoms with Crippen molar-refractivity contribution in [1.29, 1.82) is 0 Å². The van der Waals surface area contributed by atoms with E-state index in [0.29, 0.717) is 17.1 Å². The molecular weight excluding hydrogens is 461 g/mol. The Hall–Kier alpha value is -3.94. The number of nitrogens with zero attached hydrogens (tertiary/aromatic N) is 2. The molecule has 1 aliphatic heterocycles. The maximum absolute atomic E-state index is 13.8. The number of nitrogens with one attached hydrogen (secondary N) is 1. The summed E-state index contributed by atoms with van der Waals surface area (Å²) in [4.78, 5) is 33.3. The number of ether oxygens (including phenoxy) is 2. The summed E-state index contributed by atoms with van der Waals surface area (Å²) < 4.78 is 24.7. The normalized spacial score (nSPS) is 15.8. The van der Waals surface area contributed by atoms with Gasteiger partial charge in [0.15, 0.2) is 11.5 Å².